The third-order valence-electron chi connectivity index (χ3n) is 3.64. The number of rotatable bonds is 3. The largest absolute Gasteiger partial charge is 0.398 e. The number of hydrogen-bond acceptors (Lipinski definition) is 3. The molecule has 1 aliphatic rings. The summed E-state index contributed by atoms with van der Waals surface area (Å²) in [6, 6.07) is 5.61. The molecule has 4 heteroatoms. The van der Waals surface area contributed by atoms with Gasteiger partial charge in [0.1, 0.15) is 0 Å². The van der Waals surface area contributed by atoms with Crippen molar-refractivity contribution >= 4 is 11.6 Å². The Labute approximate surface area is 108 Å². The molecule has 1 aromatic carbocycles. The molecular weight excluding hydrogens is 228 g/mol. The molecule has 1 aliphatic carbocycles. The molecule has 18 heavy (non-hydrogen) atoms. The molecule has 0 aliphatic heterocycles. The predicted octanol–water partition coefficient (Wildman–Crippen LogP) is 1.87. The molecule has 3 N–H and O–H groups in total. The van der Waals surface area contributed by atoms with Crippen molar-refractivity contribution in [2.45, 2.75) is 38.3 Å². The minimum absolute atomic E-state index is 0.0995. The second-order valence-corrected chi connectivity index (χ2v) is 4.82. The van der Waals surface area contributed by atoms with Gasteiger partial charge in [-0.3, -0.25) is 4.79 Å². The highest BCUT2D eigenvalue weighted by atomic mass is 16.5. The number of nitrogen functional groups attached to an aromatic ring is 1. The van der Waals surface area contributed by atoms with Crippen molar-refractivity contribution in [1.82, 2.24) is 5.32 Å². The lowest BCUT2D eigenvalue weighted by Gasteiger charge is -2.20. The van der Waals surface area contributed by atoms with E-state index in [-0.39, 0.29) is 18.1 Å². The van der Waals surface area contributed by atoms with Crippen molar-refractivity contribution in [2.24, 2.45) is 0 Å². The molecule has 0 heterocycles. The normalized spacial score (nSPS) is 23.0. The van der Waals surface area contributed by atoms with Crippen LogP contribution >= 0.6 is 0 Å². The number of hydrogen-bond donors (Lipinski definition) is 2. The number of carbonyl (C=O) groups is 1. The maximum absolute atomic E-state index is 12.2. The molecule has 1 aromatic rings. The molecule has 98 valence electrons. The van der Waals surface area contributed by atoms with Gasteiger partial charge in [0, 0.05) is 12.8 Å². The van der Waals surface area contributed by atoms with E-state index in [1.54, 1.807) is 13.2 Å². The number of methoxy groups -OCH3 is 1. The number of nitrogens with one attached hydrogen (secondary N) is 1. The van der Waals surface area contributed by atoms with Crippen LogP contribution in [-0.4, -0.2) is 25.2 Å². The molecule has 2 atom stereocenters. The van der Waals surface area contributed by atoms with Gasteiger partial charge < -0.3 is 15.8 Å². The summed E-state index contributed by atoms with van der Waals surface area (Å²) in [5.41, 5.74) is 7.97. The number of nitrogens with two attached hydrogens (primary N) is 1. The molecule has 1 fully saturated rings. The Hall–Kier alpha value is -1.55. The van der Waals surface area contributed by atoms with E-state index in [1.165, 1.54) is 0 Å². The molecule has 0 saturated heterocycles. The van der Waals surface area contributed by atoms with Gasteiger partial charge in [0.05, 0.1) is 17.7 Å². The van der Waals surface area contributed by atoms with E-state index in [9.17, 15) is 4.79 Å². The number of anilines is 1. The van der Waals surface area contributed by atoms with E-state index in [0.29, 0.717) is 11.3 Å². The Morgan fingerprint density at radius 2 is 2.22 bits per heavy atom. The fourth-order valence-corrected chi connectivity index (χ4v) is 2.50. The van der Waals surface area contributed by atoms with Crippen molar-refractivity contribution in [1.29, 1.82) is 0 Å². The zero-order chi connectivity index (χ0) is 13.1. The maximum Gasteiger partial charge on any atom is 0.253 e. The Kier molecular flexibility index (Phi) is 3.87. The fourth-order valence-electron chi connectivity index (χ4n) is 2.50. The molecule has 2 rings (SSSR count). The lowest BCUT2D eigenvalue weighted by molar-refractivity contribution is 0.0722. The summed E-state index contributed by atoms with van der Waals surface area (Å²) in [6.45, 7) is 1.90. The lowest BCUT2D eigenvalue weighted by Crippen LogP contribution is -2.41. The second kappa shape index (κ2) is 5.40. The van der Waals surface area contributed by atoms with E-state index < -0.39 is 0 Å². The standard InChI is InChI=1S/C14H20N2O2/c1-9-5-3-6-10(13(9)15)14(17)16-11-7-4-8-12(11)18-2/h3,5-6,11-12H,4,7-8,15H2,1-2H3,(H,16,17). The molecule has 1 amide bonds. The number of amides is 1. The highest BCUT2D eigenvalue weighted by Crippen LogP contribution is 2.23. The van der Waals surface area contributed by atoms with Gasteiger partial charge in [0.2, 0.25) is 0 Å². The molecule has 0 bridgehead atoms. The number of benzene rings is 1. The van der Waals surface area contributed by atoms with Crippen LogP contribution in [0.15, 0.2) is 18.2 Å². The second-order valence-electron chi connectivity index (χ2n) is 4.82. The molecule has 0 radical (unpaired) electrons. The Morgan fingerprint density at radius 3 is 2.94 bits per heavy atom. The summed E-state index contributed by atoms with van der Waals surface area (Å²) in [6.07, 6.45) is 3.19. The molecule has 4 nitrogen and oxygen atoms in total. The van der Waals surface area contributed by atoms with Crippen molar-refractivity contribution in [3.8, 4) is 0 Å². The van der Waals surface area contributed by atoms with Crippen LogP contribution in [0.25, 0.3) is 0 Å². The summed E-state index contributed by atoms with van der Waals surface area (Å²) >= 11 is 0. The van der Waals surface area contributed by atoms with Crippen LogP contribution in [0.4, 0.5) is 5.69 Å². The summed E-state index contributed by atoms with van der Waals surface area (Å²) in [5.74, 6) is -0.106. The first kappa shape index (κ1) is 12.9. The monoisotopic (exact) mass is 248 g/mol. The zero-order valence-corrected chi connectivity index (χ0v) is 10.9. The molecule has 0 spiro atoms. The van der Waals surface area contributed by atoms with Crippen LogP contribution in [-0.2, 0) is 4.74 Å². The number of carbonyl (C=O) groups excluding carboxylic acids is 1. The molecule has 0 aromatic heterocycles. The summed E-state index contributed by atoms with van der Waals surface area (Å²) in [7, 11) is 1.69. The highest BCUT2D eigenvalue weighted by molar-refractivity contribution is 5.99. The van der Waals surface area contributed by atoms with E-state index in [1.807, 2.05) is 19.1 Å². The first-order chi connectivity index (χ1) is 8.63. The van der Waals surface area contributed by atoms with Crippen LogP contribution in [0.2, 0.25) is 0 Å². The highest BCUT2D eigenvalue weighted by Gasteiger charge is 2.29. The van der Waals surface area contributed by atoms with Gasteiger partial charge in [0.15, 0.2) is 0 Å². The maximum atomic E-state index is 12.2. The quantitative estimate of drug-likeness (QED) is 0.803. The summed E-state index contributed by atoms with van der Waals surface area (Å²) in [5, 5.41) is 3.02. The van der Waals surface area contributed by atoms with E-state index >= 15 is 0 Å². The van der Waals surface area contributed by atoms with E-state index in [2.05, 4.69) is 5.32 Å². The fraction of sp³-hybridized carbons (Fsp3) is 0.500. The van der Waals surface area contributed by atoms with Crippen LogP contribution in [0.1, 0.15) is 35.2 Å². The van der Waals surface area contributed by atoms with Crippen LogP contribution in [0, 0.1) is 6.92 Å². The number of aryl methyl sites for hydroxylation is 1. The average molecular weight is 248 g/mol. The Bertz CT molecular complexity index is 445. The Balaban J connectivity index is 2.10. The van der Waals surface area contributed by atoms with Crippen LogP contribution in [0.3, 0.4) is 0 Å². The van der Waals surface area contributed by atoms with Crippen LogP contribution in [0.5, 0.6) is 0 Å². The summed E-state index contributed by atoms with van der Waals surface area (Å²) < 4.78 is 5.37. The van der Waals surface area contributed by atoms with Gasteiger partial charge in [-0.15, -0.1) is 0 Å². The smallest absolute Gasteiger partial charge is 0.253 e. The minimum Gasteiger partial charge on any atom is -0.398 e. The molecule has 2 unspecified atom stereocenters. The number of ether oxygens (including phenoxy) is 1. The van der Waals surface area contributed by atoms with Crippen molar-refractivity contribution in [3.05, 3.63) is 29.3 Å². The van der Waals surface area contributed by atoms with Crippen molar-refractivity contribution in [2.75, 3.05) is 12.8 Å². The minimum atomic E-state index is -0.106. The van der Waals surface area contributed by atoms with Gasteiger partial charge >= 0.3 is 0 Å². The zero-order valence-electron chi connectivity index (χ0n) is 10.9. The van der Waals surface area contributed by atoms with Gasteiger partial charge in [-0.05, 0) is 37.8 Å². The van der Waals surface area contributed by atoms with Crippen LogP contribution < -0.4 is 11.1 Å². The SMILES string of the molecule is COC1CCCC1NC(=O)c1cccc(C)c1N. The van der Waals surface area contributed by atoms with Crippen molar-refractivity contribution in [3.63, 3.8) is 0 Å². The first-order valence-electron chi connectivity index (χ1n) is 6.32. The first-order valence-corrected chi connectivity index (χ1v) is 6.32. The average Bonchev–Trinajstić information content (AvgIpc) is 2.79. The van der Waals surface area contributed by atoms with Gasteiger partial charge in [0.25, 0.3) is 5.91 Å². The van der Waals surface area contributed by atoms with E-state index in [4.69, 9.17) is 10.5 Å². The number of para-hydroxylation sites is 1. The Morgan fingerprint density at radius 1 is 1.44 bits per heavy atom. The predicted molar refractivity (Wildman–Crippen MR) is 71.5 cm³/mol. The van der Waals surface area contributed by atoms with Gasteiger partial charge in [-0.1, -0.05) is 12.1 Å². The molecule has 1 saturated carbocycles. The topological polar surface area (TPSA) is 64.3 Å². The lowest BCUT2D eigenvalue weighted by atomic mass is 10.1. The third-order valence-corrected chi connectivity index (χ3v) is 3.64. The summed E-state index contributed by atoms with van der Waals surface area (Å²) in [4.78, 5) is 12.2. The van der Waals surface area contributed by atoms with Gasteiger partial charge in [-0.2, -0.15) is 0 Å². The third kappa shape index (κ3) is 2.48. The van der Waals surface area contributed by atoms with Crippen molar-refractivity contribution < 1.29 is 9.53 Å². The van der Waals surface area contributed by atoms with E-state index in [0.717, 1.165) is 24.8 Å². The van der Waals surface area contributed by atoms with Gasteiger partial charge in [-0.25, -0.2) is 0 Å². The molecular formula is C14H20N2O2.